The maximum atomic E-state index is 13.1. The molecule has 1 N–H and O–H groups in total. The number of aliphatic carboxylic acids is 1. The second-order valence-corrected chi connectivity index (χ2v) is 9.95. The Morgan fingerprint density at radius 3 is 2.57 bits per heavy atom. The SMILES string of the molecule is CCC1(C(=O)O)CCCN(c2c(C(C)C)c(C)nc3cc(-c4ccc(C(F)(F)F)cc4Cl)nn23)C1. The maximum absolute atomic E-state index is 13.1. The van der Waals surface area contributed by atoms with E-state index in [-0.39, 0.29) is 10.9 Å². The van der Waals surface area contributed by atoms with E-state index < -0.39 is 23.1 Å². The number of aryl methyl sites for hydroxylation is 1. The molecule has 0 radical (unpaired) electrons. The molecule has 188 valence electrons. The number of carbonyl (C=O) groups is 1. The molecule has 35 heavy (non-hydrogen) atoms. The Bertz CT molecular complexity index is 1290. The smallest absolute Gasteiger partial charge is 0.416 e. The number of halogens is 4. The summed E-state index contributed by atoms with van der Waals surface area (Å²) in [5.74, 6) is 0.0538. The van der Waals surface area contributed by atoms with Gasteiger partial charge in [0.2, 0.25) is 0 Å². The van der Waals surface area contributed by atoms with Crippen LogP contribution < -0.4 is 4.90 Å². The van der Waals surface area contributed by atoms with Gasteiger partial charge in [-0.25, -0.2) is 4.98 Å². The first-order valence-electron chi connectivity index (χ1n) is 11.6. The van der Waals surface area contributed by atoms with Gasteiger partial charge in [0.05, 0.1) is 21.7 Å². The zero-order chi connectivity index (χ0) is 25.7. The Morgan fingerprint density at radius 1 is 1.29 bits per heavy atom. The molecule has 1 aliphatic heterocycles. The van der Waals surface area contributed by atoms with Crippen molar-refractivity contribution in [3.63, 3.8) is 0 Å². The summed E-state index contributed by atoms with van der Waals surface area (Å²) in [6, 6.07) is 4.89. The van der Waals surface area contributed by atoms with Crippen molar-refractivity contribution >= 4 is 29.0 Å². The van der Waals surface area contributed by atoms with Gasteiger partial charge in [-0.1, -0.05) is 38.4 Å². The average molecular weight is 509 g/mol. The number of carboxylic acids is 1. The molecule has 4 rings (SSSR count). The van der Waals surface area contributed by atoms with Crippen molar-refractivity contribution in [2.75, 3.05) is 18.0 Å². The van der Waals surface area contributed by atoms with Crippen molar-refractivity contribution in [3.05, 3.63) is 46.1 Å². The molecule has 1 aromatic carbocycles. The lowest BCUT2D eigenvalue weighted by molar-refractivity contribution is -0.149. The highest BCUT2D eigenvalue weighted by molar-refractivity contribution is 6.33. The number of hydrogen-bond acceptors (Lipinski definition) is 4. The largest absolute Gasteiger partial charge is 0.481 e. The molecule has 3 aromatic rings. The van der Waals surface area contributed by atoms with Crippen LogP contribution in [0.15, 0.2) is 24.3 Å². The molecule has 1 unspecified atom stereocenters. The summed E-state index contributed by atoms with van der Waals surface area (Å²) < 4.78 is 41.0. The molecule has 2 aromatic heterocycles. The normalized spacial score (nSPS) is 19.1. The van der Waals surface area contributed by atoms with Crippen LogP contribution in [0.4, 0.5) is 19.0 Å². The lowest BCUT2D eigenvalue weighted by Gasteiger charge is -2.41. The lowest BCUT2D eigenvalue weighted by Crippen LogP contribution is -2.48. The van der Waals surface area contributed by atoms with Crippen LogP contribution in [0.3, 0.4) is 0 Å². The minimum Gasteiger partial charge on any atom is -0.481 e. The third-order valence-electron chi connectivity index (χ3n) is 6.96. The van der Waals surface area contributed by atoms with Crippen molar-refractivity contribution in [2.24, 2.45) is 5.41 Å². The molecule has 1 aliphatic rings. The predicted octanol–water partition coefficient (Wildman–Crippen LogP) is 6.58. The van der Waals surface area contributed by atoms with Gasteiger partial charge in [0.25, 0.3) is 0 Å². The summed E-state index contributed by atoms with van der Waals surface area (Å²) in [7, 11) is 0. The van der Waals surface area contributed by atoms with Gasteiger partial charge in [0.15, 0.2) is 5.65 Å². The van der Waals surface area contributed by atoms with Crippen LogP contribution in [-0.4, -0.2) is 38.8 Å². The van der Waals surface area contributed by atoms with Crippen LogP contribution in [0.5, 0.6) is 0 Å². The molecular weight excluding hydrogens is 481 g/mol. The first kappa shape index (κ1) is 25.3. The minimum absolute atomic E-state index is 0.0561. The molecular formula is C25H28ClF3N4O2. The first-order chi connectivity index (χ1) is 16.4. The van der Waals surface area contributed by atoms with E-state index in [4.69, 9.17) is 21.7 Å². The van der Waals surface area contributed by atoms with E-state index in [9.17, 15) is 23.1 Å². The molecule has 1 atom stereocenters. The molecule has 0 saturated carbocycles. The maximum Gasteiger partial charge on any atom is 0.416 e. The predicted molar refractivity (Wildman–Crippen MR) is 129 cm³/mol. The summed E-state index contributed by atoms with van der Waals surface area (Å²) in [5.41, 5.74) is 1.36. The Kier molecular flexibility index (Phi) is 6.51. The first-order valence-corrected chi connectivity index (χ1v) is 12.0. The summed E-state index contributed by atoms with van der Waals surface area (Å²) in [4.78, 5) is 19.0. The number of hydrogen-bond donors (Lipinski definition) is 1. The van der Waals surface area contributed by atoms with Gasteiger partial charge in [-0.3, -0.25) is 4.79 Å². The van der Waals surface area contributed by atoms with Crippen LogP contribution in [0.1, 0.15) is 62.8 Å². The number of benzene rings is 1. The number of rotatable bonds is 5. The zero-order valence-corrected chi connectivity index (χ0v) is 20.8. The van der Waals surface area contributed by atoms with E-state index in [0.717, 1.165) is 35.6 Å². The highest BCUT2D eigenvalue weighted by atomic mass is 35.5. The fraction of sp³-hybridized carbons (Fsp3) is 0.480. The fourth-order valence-corrected chi connectivity index (χ4v) is 5.33. The molecule has 0 aliphatic carbocycles. The van der Waals surface area contributed by atoms with E-state index in [2.05, 4.69) is 4.90 Å². The zero-order valence-electron chi connectivity index (χ0n) is 20.1. The molecule has 0 bridgehead atoms. The number of carboxylic acid groups (broad SMARTS) is 1. The van der Waals surface area contributed by atoms with E-state index in [0.29, 0.717) is 42.8 Å². The topological polar surface area (TPSA) is 70.7 Å². The second kappa shape index (κ2) is 9.00. The van der Waals surface area contributed by atoms with Crippen molar-refractivity contribution in [2.45, 2.75) is 59.1 Å². The second-order valence-electron chi connectivity index (χ2n) is 9.55. The van der Waals surface area contributed by atoms with E-state index in [1.54, 1.807) is 10.6 Å². The Morgan fingerprint density at radius 2 is 2.00 bits per heavy atom. The van der Waals surface area contributed by atoms with Gasteiger partial charge < -0.3 is 10.0 Å². The molecule has 0 amide bonds. The van der Waals surface area contributed by atoms with Crippen LogP contribution in [-0.2, 0) is 11.0 Å². The standard InChI is InChI=1S/C25H28ClF3N4O2/c1-5-24(23(34)35)9-6-10-32(13-24)22-21(14(2)3)15(4)30-20-12-19(31-33(20)22)17-8-7-16(11-18(17)26)25(27,28)29/h7-8,11-12,14H,5-6,9-10,13H2,1-4H3,(H,34,35). The third-order valence-corrected chi connectivity index (χ3v) is 7.27. The van der Waals surface area contributed by atoms with Gasteiger partial charge in [0.1, 0.15) is 5.82 Å². The number of anilines is 1. The summed E-state index contributed by atoms with van der Waals surface area (Å²) in [5, 5.41) is 14.7. The monoisotopic (exact) mass is 508 g/mol. The summed E-state index contributed by atoms with van der Waals surface area (Å²) in [6.07, 6.45) is -2.66. The number of aromatic nitrogens is 3. The van der Waals surface area contributed by atoms with Gasteiger partial charge in [-0.05, 0) is 44.2 Å². The molecule has 6 nitrogen and oxygen atoms in total. The molecule has 10 heteroatoms. The fourth-order valence-electron chi connectivity index (χ4n) is 5.05. The van der Waals surface area contributed by atoms with Crippen LogP contribution in [0.25, 0.3) is 16.9 Å². The highest BCUT2D eigenvalue weighted by Gasteiger charge is 2.42. The summed E-state index contributed by atoms with van der Waals surface area (Å²) >= 11 is 6.24. The van der Waals surface area contributed by atoms with Crippen LogP contribution in [0, 0.1) is 12.3 Å². The van der Waals surface area contributed by atoms with E-state index in [1.165, 1.54) is 6.07 Å². The van der Waals surface area contributed by atoms with Gasteiger partial charge >= 0.3 is 12.1 Å². The van der Waals surface area contributed by atoms with Crippen molar-refractivity contribution in [1.82, 2.24) is 14.6 Å². The van der Waals surface area contributed by atoms with Crippen molar-refractivity contribution < 1.29 is 23.1 Å². The Labute approximate surface area is 206 Å². The van der Waals surface area contributed by atoms with Crippen molar-refractivity contribution in [3.8, 4) is 11.3 Å². The molecule has 3 heterocycles. The molecule has 1 fully saturated rings. The van der Waals surface area contributed by atoms with Crippen LogP contribution in [0.2, 0.25) is 5.02 Å². The van der Waals surface area contributed by atoms with Gasteiger partial charge in [-0.2, -0.15) is 22.8 Å². The Hall–Kier alpha value is -2.81. The van der Waals surface area contributed by atoms with Crippen LogP contribution >= 0.6 is 11.6 Å². The Balaban J connectivity index is 1.89. The molecule has 0 spiro atoms. The highest BCUT2D eigenvalue weighted by Crippen LogP contribution is 2.40. The minimum atomic E-state index is -4.50. The van der Waals surface area contributed by atoms with Crippen molar-refractivity contribution in [1.29, 1.82) is 0 Å². The third kappa shape index (κ3) is 4.46. The number of alkyl halides is 3. The van der Waals surface area contributed by atoms with Gasteiger partial charge in [-0.15, -0.1) is 0 Å². The quantitative estimate of drug-likeness (QED) is 0.421. The number of fused-ring (bicyclic) bond motifs is 1. The number of nitrogens with zero attached hydrogens (tertiary/aromatic N) is 4. The van der Waals surface area contributed by atoms with E-state index >= 15 is 0 Å². The van der Waals surface area contributed by atoms with E-state index in [1.807, 2.05) is 27.7 Å². The summed E-state index contributed by atoms with van der Waals surface area (Å²) in [6.45, 7) is 8.91. The lowest BCUT2D eigenvalue weighted by atomic mass is 9.77. The average Bonchev–Trinajstić information content (AvgIpc) is 3.20. The molecule has 1 saturated heterocycles. The van der Waals surface area contributed by atoms with Gasteiger partial charge in [0, 0.05) is 36.0 Å². The number of piperidine rings is 1.